The molecule has 0 aromatic heterocycles. The quantitative estimate of drug-likeness (QED) is 0.688. The van der Waals surface area contributed by atoms with E-state index in [2.05, 4.69) is 6.58 Å². The summed E-state index contributed by atoms with van der Waals surface area (Å²) >= 11 is 0. The first-order chi connectivity index (χ1) is 10.1. The first kappa shape index (κ1) is 14.1. The van der Waals surface area contributed by atoms with Crippen molar-refractivity contribution in [3.05, 3.63) is 12.7 Å². The van der Waals surface area contributed by atoms with Crippen LogP contribution in [0, 0.1) is 0 Å². The van der Waals surface area contributed by atoms with Crippen LogP contribution in [0.15, 0.2) is 12.7 Å². The molecule has 3 fully saturated rings. The average molecular weight is 291 g/mol. The third-order valence-corrected chi connectivity index (χ3v) is 4.74. The molecule has 2 aliphatic heterocycles. The number of hydrogen-bond acceptors (Lipinski definition) is 3. The summed E-state index contributed by atoms with van der Waals surface area (Å²) in [7, 11) is 0. The summed E-state index contributed by atoms with van der Waals surface area (Å²) in [5, 5.41) is 0. The fraction of sp³-hybridized carbons (Fsp3) is 0.667. The highest BCUT2D eigenvalue weighted by Crippen LogP contribution is 2.45. The Balaban J connectivity index is 1.67. The Labute approximate surface area is 124 Å². The van der Waals surface area contributed by atoms with Crippen LogP contribution in [-0.2, 0) is 14.4 Å². The predicted octanol–water partition coefficient (Wildman–Crippen LogP) is -0.00180. The molecule has 6 heteroatoms. The van der Waals surface area contributed by atoms with Crippen LogP contribution >= 0.6 is 0 Å². The lowest BCUT2D eigenvalue weighted by atomic mass is 10.1. The Bertz CT molecular complexity index is 492. The van der Waals surface area contributed by atoms with Gasteiger partial charge in [-0.05, 0) is 31.8 Å². The Morgan fingerprint density at radius 1 is 1.14 bits per heavy atom. The van der Waals surface area contributed by atoms with Gasteiger partial charge >= 0.3 is 0 Å². The van der Waals surface area contributed by atoms with E-state index in [0.29, 0.717) is 25.9 Å². The molecule has 0 aromatic carbocycles. The van der Waals surface area contributed by atoms with Crippen LogP contribution in [-0.4, -0.2) is 70.7 Å². The zero-order valence-corrected chi connectivity index (χ0v) is 12.2. The molecule has 1 saturated carbocycles. The SMILES string of the molecule is C=CC(=O)N1CCN(CC(=O)N2CCCC2)C(=O)C12CC2. The van der Waals surface area contributed by atoms with Crippen molar-refractivity contribution in [2.75, 3.05) is 32.7 Å². The van der Waals surface area contributed by atoms with Gasteiger partial charge in [0.15, 0.2) is 0 Å². The van der Waals surface area contributed by atoms with Gasteiger partial charge in [0.2, 0.25) is 17.7 Å². The summed E-state index contributed by atoms with van der Waals surface area (Å²) in [6.45, 7) is 6.16. The number of carbonyl (C=O) groups is 3. The van der Waals surface area contributed by atoms with Gasteiger partial charge in [-0.3, -0.25) is 14.4 Å². The highest BCUT2D eigenvalue weighted by Gasteiger charge is 2.59. The predicted molar refractivity (Wildman–Crippen MR) is 76.3 cm³/mol. The monoisotopic (exact) mass is 291 g/mol. The van der Waals surface area contributed by atoms with Gasteiger partial charge in [-0.2, -0.15) is 0 Å². The van der Waals surface area contributed by atoms with Gasteiger partial charge in [-0.25, -0.2) is 0 Å². The summed E-state index contributed by atoms with van der Waals surface area (Å²) in [5.74, 6) is -0.233. The van der Waals surface area contributed by atoms with Gasteiger partial charge in [0, 0.05) is 26.2 Å². The number of rotatable bonds is 3. The average Bonchev–Trinajstić information content (AvgIpc) is 3.07. The first-order valence-electron chi connectivity index (χ1n) is 7.60. The molecule has 1 spiro atoms. The fourth-order valence-electron chi connectivity index (χ4n) is 3.36. The van der Waals surface area contributed by atoms with Crippen LogP contribution in [0.2, 0.25) is 0 Å². The summed E-state index contributed by atoms with van der Waals surface area (Å²) in [4.78, 5) is 41.8. The van der Waals surface area contributed by atoms with E-state index in [1.807, 2.05) is 4.90 Å². The van der Waals surface area contributed by atoms with Crippen molar-refractivity contribution in [2.45, 2.75) is 31.2 Å². The van der Waals surface area contributed by atoms with Crippen LogP contribution in [0.3, 0.4) is 0 Å². The summed E-state index contributed by atoms with van der Waals surface area (Å²) < 4.78 is 0. The number of piperazine rings is 1. The Morgan fingerprint density at radius 3 is 2.38 bits per heavy atom. The highest BCUT2D eigenvalue weighted by atomic mass is 16.2. The topological polar surface area (TPSA) is 60.9 Å². The van der Waals surface area contributed by atoms with Crippen LogP contribution in [0.25, 0.3) is 0 Å². The molecular formula is C15H21N3O3. The molecule has 0 bridgehead atoms. The van der Waals surface area contributed by atoms with E-state index in [0.717, 1.165) is 25.9 Å². The molecule has 0 unspecified atom stereocenters. The molecule has 21 heavy (non-hydrogen) atoms. The number of carbonyl (C=O) groups excluding carboxylic acids is 3. The van der Waals surface area contributed by atoms with E-state index in [1.54, 1.807) is 9.80 Å². The second-order valence-corrected chi connectivity index (χ2v) is 6.04. The van der Waals surface area contributed by atoms with Gasteiger partial charge < -0.3 is 14.7 Å². The lowest BCUT2D eigenvalue weighted by molar-refractivity contribution is -0.154. The third kappa shape index (κ3) is 2.32. The summed E-state index contributed by atoms with van der Waals surface area (Å²) in [6.07, 6.45) is 4.74. The van der Waals surface area contributed by atoms with E-state index in [-0.39, 0.29) is 24.3 Å². The van der Waals surface area contributed by atoms with E-state index in [9.17, 15) is 14.4 Å². The lowest BCUT2D eigenvalue weighted by Crippen LogP contribution is -2.61. The molecule has 1 aliphatic carbocycles. The second-order valence-electron chi connectivity index (χ2n) is 6.04. The Kier molecular flexibility index (Phi) is 3.47. The molecule has 0 N–H and O–H groups in total. The molecule has 3 aliphatic rings. The van der Waals surface area contributed by atoms with Crippen molar-refractivity contribution in [2.24, 2.45) is 0 Å². The van der Waals surface area contributed by atoms with Gasteiger partial charge in [0.05, 0.1) is 6.54 Å². The minimum atomic E-state index is -0.686. The van der Waals surface area contributed by atoms with Crippen molar-refractivity contribution in [3.8, 4) is 0 Å². The number of amides is 3. The zero-order chi connectivity index (χ0) is 15.0. The largest absolute Gasteiger partial charge is 0.341 e. The third-order valence-electron chi connectivity index (χ3n) is 4.74. The maximum atomic E-state index is 12.6. The van der Waals surface area contributed by atoms with E-state index in [1.165, 1.54) is 6.08 Å². The van der Waals surface area contributed by atoms with Crippen LogP contribution in [0.4, 0.5) is 0 Å². The summed E-state index contributed by atoms with van der Waals surface area (Å²) in [5.41, 5.74) is -0.686. The van der Waals surface area contributed by atoms with Crippen molar-refractivity contribution >= 4 is 17.7 Å². The number of likely N-dealkylation sites (tertiary alicyclic amines) is 1. The molecular weight excluding hydrogens is 270 g/mol. The van der Waals surface area contributed by atoms with Gasteiger partial charge in [0.1, 0.15) is 5.54 Å². The molecule has 114 valence electrons. The highest BCUT2D eigenvalue weighted by molar-refractivity contribution is 5.99. The molecule has 6 nitrogen and oxygen atoms in total. The molecule has 2 saturated heterocycles. The lowest BCUT2D eigenvalue weighted by Gasteiger charge is -2.40. The smallest absolute Gasteiger partial charge is 0.249 e. The molecule has 3 amide bonds. The van der Waals surface area contributed by atoms with E-state index >= 15 is 0 Å². The Morgan fingerprint density at radius 2 is 1.81 bits per heavy atom. The van der Waals surface area contributed by atoms with Crippen molar-refractivity contribution in [1.82, 2.24) is 14.7 Å². The van der Waals surface area contributed by atoms with E-state index in [4.69, 9.17) is 0 Å². The van der Waals surface area contributed by atoms with Crippen molar-refractivity contribution < 1.29 is 14.4 Å². The molecule has 0 atom stereocenters. The number of hydrogen-bond donors (Lipinski definition) is 0. The van der Waals surface area contributed by atoms with Crippen LogP contribution in [0.1, 0.15) is 25.7 Å². The normalized spacial score (nSPS) is 23.6. The minimum absolute atomic E-state index is 0.0279. The second kappa shape index (κ2) is 5.16. The number of nitrogens with zero attached hydrogens (tertiary/aromatic N) is 3. The molecule has 3 rings (SSSR count). The Hall–Kier alpha value is -1.85. The first-order valence-corrected chi connectivity index (χ1v) is 7.60. The van der Waals surface area contributed by atoms with Crippen LogP contribution < -0.4 is 0 Å². The molecule has 0 aromatic rings. The van der Waals surface area contributed by atoms with Gasteiger partial charge in [-0.1, -0.05) is 6.58 Å². The zero-order valence-electron chi connectivity index (χ0n) is 12.2. The molecule has 2 heterocycles. The van der Waals surface area contributed by atoms with Crippen molar-refractivity contribution in [3.63, 3.8) is 0 Å². The maximum Gasteiger partial charge on any atom is 0.249 e. The van der Waals surface area contributed by atoms with Gasteiger partial charge in [-0.15, -0.1) is 0 Å². The van der Waals surface area contributed by atoms with Gasteiger partial charge in [0.25, 0.3) is 0 Å². The standard InChI is InChI=1S/C15H21N3O3/c1-2-12(19)18-10-9-17(14(21)15(18)5-6-15)11-13(20)16-7-3-4-8-16/h2H,1,3-11H2. The fourth-order valence-corrected chi connectivity index (χ4v) is 3.36. The molecule has 0 radical (unpaired) electrons. The minimum Gasteiger partial charge on any atom is -0.341 e. The van der Waals surface area contributed by atoms with Crippen molar-refractivity contribution in [1.29, 1.82) is 0 Å². The van der Waals surface area contributed by atoms with Crippen LogP contribution in [0.5, 0.6) is 0 Å². The summed E-state index contributed by atoms with van der Waals surface area (Å²) in [6, 6.07) is 0. The maximum absolute atomic E-state index is 12.6. The van der Waals surface area contributed by atoms with E-state index < -0.39 is 5.54 Å².